The molecule has 0 atom stereocenters. The molecule has 3 rings (SSSR count). The third-order valence-corrected chi connectivity index (χ3v) is 6.46. The van der Waals surface area contributed by atoms with E-state index in [9.17, 15) is 9.59 Å². The van der Waals surface area contributed by atoms with Crippen LogP contribution < -0.4 is 0 Å². The highest BCUT2D eigenvalue weighted by molar-refractivity contribution is 6.24. The van der Waals surface area contributed by atoms with Gasteiger partial charge >= 0.3 is 6.16 Å². The van der Waals surface area contributed by atoms with E-state index in [2.05, 4.69) is 0 Å². The fourth-order valence-corrected chi connectivity index (χ4v) is 4.97. The van der Waals surface area contributed by atoms with Crippen molar-refractivity contribution in [2.75, 3.05) is 53.9 Å². The van der Waals surface area contributed by atoms with Crippen molar-refractivity contribution >= 4 is 17.6 Å². The largest absolute Gasteiger partial charge is 0.513 e. The number of rotatable bonds is 9. The average molecular weight is 477 g/mol. The van der Waals surface area contributed by atoms with Crippen LogP contribution in [0.25, 0.3) is 5.57 Å². The molecule has 1 amide bonds. The van der Waals surface area contributed by atoms with Crippen molar-refractivity contribution < 1.29 is 33.4 Å². The standard InChI is InChI=1S/C25H36N2O7/c1-7-33-24(29)34-22-21(20-18(3)14-17(2)15-19(20)4)23(28)27(16-32-13-12-30-5)25(22)8-10-26(31-6)11-9-25/h14-15H,7-13,16H2,1-6H3. The molecule has 0 saturated carbocycles. The maximum atomic E-state index is 14.0. The lowest BCUT2D eigenvalue weighted by Crippen LogP contribution is -2.56. The van der Waals surface area contributed by atoms with Crippen molar-refractivity contribution in [1.82, 2.24) is 9.96 Å². The van der Waals surface area contributed by atoms with Crippen molar-refractivity contribution in [1.29, 1.82) is 0 Å². The van der Waals surface area contributed by atoms with Gasteiger partial charge in [0.25, 0.3) is 5.91 Å². The predicted octanol–water partition coefficient (Wildman–Crippen LogP) is 3.35. The monoisotopic (exact) mass is 476 g/mol. The van der Waals surface area contributed by atoms with E-state index >= 15 is 0 Å². The maximum absolute atomic E-state index is 14.0. The Morgan fingerprint density at radius 3 is 2.26 bits per heavy atom. The summed E-state index contributed by atoms with van der Waals surface area (Å²) in [5, 5.41) is 1.84. The molecule has 1 spiro atoms. The molecule has 2 aliphatic heterocycles. The van der Waals surface area contributed by atoms with Crippen LogP contribution in [0.15, 0.2) is 17.9 Å². The first-order valence-corrected chi connectivity index (χ1v) is 11.6. The quantitative estimate of drug-likeness (QED) is 0.396. The molecular formula is C25H36N2O7. The number of nitrogens with zero attached hydrogens (tertiary/aromatic N) is 2. The van der Waals surface area contributed by atoms with Gasteiger partial charge in [0.15, 0.2) is 5.76 Å². The van der Waals surface area contributed by atoms with Gasteiger partial charge in [-0.25, -0.2) is 4.79 Å². The minimum Gasteiger partial charge on any atom is -0.434 e. The maximum Gasteiger partial charge on any atom is 0.513 e. The van der Waals surface area contributed by atoms with Gasteiger partial charge in [-0.2, -0.15) is 5.06 Å². The molecule has 34 heavy (non-hydrogen) atoms. The molecule has 9 heteroatoms. The second-order valence-electron chi connectivity index (χ2n) is 8.67. The number of amides is 1. The molecule has 0 aliphatic carbocycles. The first-order valence-electron chi connectivity index (χ1n) is 11.6. The van der Waals surface area contributed by atoms with Gasteiger partial charge in [0.2, 0.25) is 0 Å². The summed E-state index contributed by atoms with van der Waals surface area (Å²) < 4.78 is 21.9. The molecule has 0 aromatic heterocycles. The average Bonchev–Trinajstić information content (AvgIpc) is 2.99. The number of piperidine rings is 1. The smallest absolute Gasteiger partial charge is 0.434 e. The van der Waals surface area contributed by atoms with E-state index in [0.717, 1.165) is 22.3 Å². The molecule has 2 heterocycles. The van der Waals surface area contributed by atoms with Crippen LogP contribution in [0.4, 0.5) is 4.79 Å². The highest BCUT2D eigenvalue weighted by Crippen LogP contribution is 2.48. The Hall–Kier alpha value is -2.46. The third-order valence-electron chi connectivity index (χ3n) is 6.46. The SMILES string of the molecule is CCOC(=O)OC1=C(c2c(C)cc(C)cc2C)C(=O)N(COCCOC)C12CCN(OC)CC2. The summed E-state index contributed by atoms with van der Waals surface area (Å²) in [4.78, 5) is 33.7. The molecule has 1 fully saturated rings. The Balaban J connectivity index is 2.15. The molecular weight excluding hydrogens is 440 g/mol. The zero-order chi connectivity index (χ0) is 24.9. The number of hydrogen-bond acceptors (Lipinski definition) is 8. The topological polar surface area (TPSA) is 86.8 Å². The summed E-state index contributed by atoms with van der Waals surface area (Å²) in [6, 6.07) is 4.06. The Labute approximate surface area is 201 Å². The van der Waals surface area contributed by atoms with Crippen molar-refractivity contribution in [2.45, 2.75) is 46.1 Å². The molecule has 0 radical (unpaired) electrons. The van der Waals surface area contributed by atoms with Crippen molar-refractivity contribution in [2.24, 2.45) is 0 Å². The fraction of sp³-hybridized carbons (Fsp3) is 0.600. The Kier molecular flexibility index (Phi) is 8.70. The highest BCUT2D eigenvalue weighted by Gasteiger charge is 2.56. The number of aryl methyl sites for hydroxylation is 3. The van der Waals surface area contributed by atoms with E-state index in [1.54, 1.807) is 26.0 Å². The van der Waals surface area contributed by atoms with E-state index in [-0.39, 0.29) is 19.2 Å². The van der Waals surface area contributed by atoms with Gasteiger partial charge in [0.1, 0.15) is 12.3 Å². The third kappa shape index (κ3) is 5.12. The Morgan fingerprint density at radius 1 is 1.06 bits per heavy atom. The molecule has 1 aromatic carbocycles. The molecule has 0 bridgehead atoms. The zero-order valence-corrected chi connectivity index (χ0v) is 21.1. The molecule has 188 valence electrons. The number of carbonyl (C=O) groups excluding carboxylic acids is 2. The molecule has 1 aromatic rings. The Bertz CT molecular complexity index is 912. The molecule has 1 saturated heterocycles. The first-order chi connectivity index (χ1) is 16.3. The lowest BCUT2D eigenvalue weighted by atomic mass is 9.84. The zero-order valence-electron chi connectivity index (χ0n) is 21.1. The van der Waals surface area contributed by atoms with Gasteiger partial charge < -0.3 is 28.7 Å². The fourth-order valence-electron chi connectivity index (χ4n) is 4.97. The summed E-state index contributed by atoms with van der Waals surface area (Å²) in [5.41, 5.74) is 3.30. The summed E-state index contributed by atoms with van der Waals surface area (Å²) in [6.07, 6.45) is 0.214. The number of hydroxylamine groups is 2. The normalized spacial score (nSPS) is 18.2. The number of benzene rings is 1. The van der Waals surface area contributed by atoms with E-state index in [4.69, 9.17) is 23.8 Å². The lowest BCUT2D eigenvalue weighted by Gasteiger charge is -2.44. The second kappa shape index (κ2) is 11.3. The highest BCUT2D eigenvalue weighted by atomic mass is 16.7. The minimum absolute atomic E-state index is 0.0539. The molecule has 2 aliphatic rings. The van der Waals surface area contributed by atoms with E-state index < -0.39 is 11.7 Å². The van der Waals surface area contributed by atoms with Crippen LogP contribution >= 0.6 is 0 Å². The van der Waals surface area contributed by atoms with Gasteiger partial charge in [-0.1, -0.05) is 17.7 Å². The van der Waals surface area contributed by atoms with Crippen LogP contribution in [-0.2, 0) is 28.6 Å². The molecule has 0 unspecified atom stereocenters. The van der Waals surface area contributed by atoms with Crippen LogP contribution in [0, 0.1) is 20.8 Å². The Morgan fingerprint density at radius 2 is 1.71 bits per heavy atom. The van der Waals surface area contributed by atoms with Crippen LogP contribution in [0.2, 0.25) is 0 Å². The van der Waals surface area contributed by atoms with Crippen molar-refractivity contribution in [3.05, 3.63) is 40.1 Å². The number of methoxy groups -OCH3 is 1. The molecule has 9 nitrogen and oxygen atoms in total. The summed E-state index contributed by atoms with van der Waals surface area (Å²) in [7, 11) is 3.22. The van der Waals surface area contributed by atoms with Crippen LogP contribution in [0.5, 0.6) is 0 Å². The second-order valence-corrected chi connectivity index (χ2v) is 8.67. The van der Waals surface area contributed by atoms with Gasteiger partial charge in [-0.3, -0.25) is 4.79 Å². The van der Waals surface area contributed by atoms with Crippen LogP contribution in [0.1, 0.15) is 42.0 Å². The number of ether oxygens (including phenoxy) is 4. The van der Waals surface area contributed by atoms with Crippen LogP contribution in [-0.4, -0.2) is 81.4 Å². The van der Waals surface area contributed by atoms with E-state index in [1.807, 2.05) is 38.0 Å². The molecule has 0 N–H and O–H groups in total. The van der Waals surface area contributed by atoms with Gasteiger partial charge in [0, 0.05) is 20.2 Å². The van der Waals surface area contributed by atoms with Gasteiger partial charge in [-0.15, -0.1) is 0 Å². The van der Waals surface area contributed by atoms with Crippen LogP contribution in [0.3, 0.4) is 0 Å². The van der Waals surface area contributed by atoms with E-state index in [0.29, 0.717) is 50.5 Å². The predicted molar refractivity (Wildman–Crippen MR) is 126 cm³/mol. The minimum atomic E-state index is -0.856. The van der Waals surface area contributed by atoms with Crippen molar-refractivity contribution in [3.8, 4) is 0 Å². The summed E-state index contributed by atoms with van der Waals surface area (Å²) in [5.74, 6) is 0.106. The van der Waals surface area contributed by atoms with Gasteiger partial charge in [-0.05, 0) is 57.2 Å². The van der Waals surface area contributed by atoms with Crippen molar-refractivity contribution in [3.63, 3.8) is 0 Å². The van der Waals surface area contributed by atoms with E-state index in [1.165, 1.54) is 0 Å². The number of carbonyl (C=O) groups is 2. The summed E-state index contributed by atoms with van der Waals surface area (Å²) >= 11 is 0. The lowest BCUT2D eigenvalue weighted by molar-refractivity contribution is -0.171. The first kappa shape index (κ1) is 26.2. The van der Waals surface area contributed by atoms with Gasteiger partial charge in [0.05, 0.1) is 32.5 Å². The number of hydrogen-bond donors (Lipinski definition) is 0. The summed E-state index contributed by atoms with van der Waals surface area (Å²) in [6.45, 7) is 9.77.